The van der Waals surface area contributed by atoms with Crippen LogP contribution in [0.25, 0.3) is 0 Å². The first-order valence-electron chi connectivity index (χ1n) is 4.39. The number of aliphatic hydroxyl groups excluding tert-OH is 1. The highest BCUT2D eigenvalue weighted by Crippen LogP contribution is 2.33. The van der Waals surface area contributed by atoms with Crippen molar-refractivity contribution in [3.63, 3.8) is 0 Å². The highest BCUT2D eigenvalue weighted by atomic mass is 16.3. The van der Waals surface area contributed by atoms with Crippen molar-refractivity contribution >= 4 is 5.78 Å². The van der Waals surface area contributed by atoms with Crippen LogP contribution in [0.5, 0.6) is 0 Å². The van der Waals surface area contributed by atoms with E-state index in [1.165, 1.54) is 0 Å². The zero-order valence-corrected chi connectivity index (χ0v) is 6.92. The van der Waals surface area contributed by atoms with Crippen molar-refractivity contribution in [2.24, 2.45) is 5.92 Å². The van der Waals surface area contributed by atoms with Crippen molar-refractivity contribution in [3.8, 4) is 0 Å². The summed E-state index contributed by atoms with van der Waals surface area (Å²) >= 11 is 0. The van der Waals surface area contributed by atoms with Crippen LogP contribution in [-0.2, 0) is 4.79 Å². The summed E-state index contributed by atoms with van der Waals surface area (Å²) in [5.41, 5.74) is 1.04. The first-order chi connectivity index (χ1) is 5.75. The molecule has 1 atom stereocenters. The van der Waals surface area contributed by atoms with Crippen LogP contribution in [0.4, 0.5) is 0 Å². The number of rotatable bonds is 0. The molecule has 12 heavy (non-hydrogen) atoms. The van der Waals surface area contributed by atoms with Crippen molar-refractivity contribution in [2.75, 3.05) is 0 Å². The lowest BCUT2D eigenvalue weighted by atomic mass is 9.80. The zero-order valence-electron chi connectivity index (χ0n) is 6.92. The number of ketones is 1. The first kappa shape index (κ1) is 7.59. The summed E-state index contributed by atoms with van der Waals surface area (Å²) < 4.78 is 0. The maximum Gasteiger partial charge on any atom is 0.155 e. The summed E-state index contributed by atoms with van der Waals surface area (Å²) in [6, 6.07) is 0. The van der Waals surface area contributed by atoms with E-state index in [4.69, 9.17) is 0 Å². The highest BCUT2D eigenvalue weighted by molar-refractivity contribution is 5.91. The largest absolute Gasteiger partial charge is 0.512 e. The van der Waals surface area contributed by atoms with Crippen LogP contribution in [0.2, 0.25) is 0 Å². The molecule has 0 aromatic carbocycles. The third kappa shape index (κ3) is 1.29. The van der Waals surface area contributed by atoms with Gasteiger partial charge in [0, 0.05) is 12.8 Å². The Hall–Kier alpha value is -1.05. The van der Waals surface area contributed by atoms with Crippen LogP contribution >= 0.6 is 0 Å². The van der Waals surface area contributed by atoms with Gasteiger partial charge in [-0.15, -0.1) is 0 Å². The Kier molecular flexibility index (Phi) is 1.75. The number of aliphatic hydroxyl groups is 1. The lowest BCUT2D eigenvalue weighted by Gasteiger charge is -2.25. The molecule has 0 radical (unpaired) electrons. The normalized spacial score (nSPS) is 29.0. The molecule has 0 aromatic heterocycles. The van der Waals surface area contributed by atoms with Crippen molar-refractivity contribution in [2.45, 2.75) is 25.7 Å². The smallest absolute Gasteiger partial charge is 0.155 e. The van der Waals surface area contributed by atoms with Gasteiger partial charge in [-0.3, -0.25) is 4.79 Å². The molecule has 0 aromatic rings. The summed E-state index contributed by atoms with van der Waals surface area (Å²) in [6.07, 6.45) is 6.86. The van der Waals surface area contributed by atoms with E-state index in [9.17, 15) is 9.90 Å². The monoisotopic (exact) mass is 164 g/mol. The van der Waals surface area contributed by atoms with E-state index in [2.05, 4.69) is 0 Å². The maximum atomic E-state index is 11.0. The van der Waals surface area contributed by atoms with Gasteiger partial charge in [0.15, 0.2) is 5.78 Å². The van der Waals surface area contributed by atoms with Gasteiger partial charge in [-0.2, -0.15) is 0 Å². The van der Waals surface area contributed by atoms with E-state index < -0.39 is 0 Å². The molecular formula is C10H12O2. The molecule has 0 heterocycles. The van der Waals surface area contributed by atoms with Gasteiger partial charge in [0.25, 0.3) is 0 Å². The quantitative estimate of drug-likeness (QED) is 0.595. The van der Waals surface area contributed by atoms with Crippen molar-refractivity contribution < 1.29 is 9.90 Å². The molecule has 2 heteroatoms. The van der Waals surface area contributed by atoms with E-state index >= 15 is 0 Å². The third-order valence-corrected chi connectivity index (χ3v) is 2.62. The van der Waals surface area contributed by atoms with Crippen LogP contribution in [0.3, 0.4) is 0 Å². The average Bonchev–Trinajstić information content (AvgIpc) is 2.03. The number of hydrogen-bond donors (Lipinski definition) is 1. The predicted octanol–water partition coefficient (Wildman–Crippen LogP) is 2.13. The topological polar surface area (TPSA) is 37.3 Å². The molecule has 2 nitrogen and oxygen atoms in total. The van der Waals surface area contributed by atoms with Crippen LogP contribution < -0.4 is 0 Å². The minimum Gasteiger partial charge on any atom is -0.512 e. The Balaban J connectivity index is 2.31. The molecule has 0 fully saturated rings. The minimum absolute atomic E-state index is 0.201. The van der Waals surface area contributed by atoms with E-state index in [-0.39, 0.29) is 5.78 Å². The fourth-order valence-corrected chi connectivity index (χ4v) is 1.92. The zero-order chi connectivity index (χ0) is 8.55. The number of fused-ring (bicyclic) bond motifs is 1. The van der Waals surface area contributed by atoms with Gasteiger partial charge in [0.05, 0.1) is 5.76 Å². The Bertz CT molecular complexity index is 274. The molecule has 0 saturated heterocycles. The van der Waals surface area contributed by atoms with Gasteiger partial charge in [0.1, 0.15) is 0 Å². The Labute approximate surface area is 71.6 Å². The molecule has 0 spiro atoms. The SMILES string of the molecule is O=C1C=C2C=C(O)CC[C@H]2CC1. The van der Waals surface area contributed by atoms with E-state index in [1.54, 1.807) is 12.2 Å². The fraction of sp³-hybridized carbons (Fsp3) is 0.500. The molecule has 2 rings (SSSR count). The molecule has 0 amide bonds. The second-order valence-electron chi connectivity index (χ2n) is 3.52. The summed E-state index contributed by atoms with van der Waals surface area (Å²) in [4.78, 5) is 11.0. The van der Waals surface area contributed by atoms with Gasteiger partial charge >= 0.3 is 0 Å². The minimum atomic E-state index is 0.201. The Morgan fingerprint density at radius 1 is 1.25 bits per heavy atom. The predicted molar refractivity (Wildman–Crippen MR) is 45.8 cm³/mol. The van der Waals surface area contributed by atoms with E-state index in [0.29, 0.717) is 18.1 Å². The number of carbonyl (C=O) groups is 1. The lowest BCUT2D eigenvalue weighted by Crippen LogP contribution is -2.16. The molecule has 0 unspecified atom stereocenters. The second-order valence-corrected chi connectivity index (χ2v) is 3.52. The van der Waals surface area contributed by atoms with Gasteiger partial charge in [-0.05, 0) is 36.5 Å². The second kappa shape index (κ2) is 2.77. The van der Waals surface area contributed by atoms with Crippen LogP contribution in [0, 0.1) is 5.92 Å². The molecule has 0 saturated carbocycles. The Morgan fingerprint density at radius 3 is 2.83 bits per heavy atom. The first-order valence-corrected chi connectivity index (χ1v) is 4.39. The van der Waals surface area contributed by atoms with E-state index in [1.807, 2.05) is 0 Å². The summed E-state index contributed by atoms with van der Waals surface area (Å²) in [6.45, 7) is 0. The van der Waals surface area contributed by atoms with E-state index in [0.717, 1.165) is 24.8 Å². The fourth-order valence-electron chi connectivity index (χ4n) is 1.92. The maximum absolute atomic E-state index is 11.0. The van der Waals surface area contributed by atoms with Crippen LogP contribution in [-0.4, -0.2) is 10.9 Å². The van der Waals surface area contributed by atoms with Crippen molar-refractivity contribution in [1.82, 2.24) is 0 Å². The standard InChI is InChI=1S/C10H12O2/c11-9-3-1-7-2-4-10(12)6-8(7)5-9/h5-7,11H,1-4H2/t7-/m0/s1. The van der Waals surface area contributed by atoms with Crippen molar-refractivity contribution in [3.05, 3.63) is 23.5 Å². The van der Waals surface area contributed by atoms with Gasteiger partial charge in [0.2, 0.25) is 0 Å². The highest BCUT2D eigenvalue weighted by Gasteiger charge is 2.23. The number of allylic oxidation sites excluding steroid dienone is 4. The molecule has 2 aliphatic carbocycles. The molecular weight excluding hydrogens is 152 g/mol. The molecule has 1 N–H and O–H groups in total. The summed E-state index contributed by atoms with van der Waals surface area (Å²) in [7, 11) is 0. The average molecular weight is 164 g/mol. The van der Waals surface area contributed by atoms with Gasteiger partial charge in [-0.1, -0.05) is 0 Å². The molecule has 64 valence electrons. The lowest BCUT2D eigenvalue weighted by molar-refractivity contribution is -0.115. The summed E-state index contributed by atoms with van der Waals surface area (Å²) in [5.74, 6) is 1.15. The van der Waals surface area contributed by atoms with Crippen LogP contribution in [0.1, 0.15) is 25.7 Å². The van der Waals surface area contributed by atoms with Crippen LogP contribution in [0.15, 0.2) is 23.5 Å². The van der Waals surface area contributed by atoms with Gasteiger partial charge < -0.3 is 5.11 Å². The number of hydrogen-bond acceptors (Lipinski definition) is 2. The molecule has 2 aliphatic rings. The molecule has 0 aliphatic heterocycles. The third-order valence-electron chi connectivity index (χ3n) is 2.62. The molecule has 0 bridgehead atoms. The van der Waals surface area contributed by atoms with Gasteiger partial charge in [-0.25, -0.2) is 0 Å². The Morgan fingerprint density at radius 2 is 2.00 bits per heavy atom. The number of carbonyl (C=O) groups excluding carboxylic acids is 1. The van der Waals surface area contributed by atoms with Crippen molar-refractivity contribution in [1.29, 1.82) is 0 Å². The summed E-state index contributed by atoms with van der Waals surface area (Å²) in [5, 5.41) is 9.24.